The van der Waals surface area contributed by atoms with Gasteiger partial charge in [-0.1, -0.05) is 42.5 Å². The summed E-state index contributed by atoms with van der Waals surface area (Å²) in [5.41, 5.74) is -0.811. The molecule has 160 valence electrons. The van der Waals surface area contributed by atoms with Gasteiger partial charge in [-0.3, -0.25) is 5.10 Å². The molecular weight excluding hydrogens is 427 g/mol. The molecule has 0 aliphatic carbocycles. The second kappa shape index (κ2) is 7.30. The topological polar surface area (TPSA) is 53.6 Å². The van der Waals surface area contributed by atoms with E-state index in [1.165, 1.54) is 18.2 Å². The van der Waals surface area contributed by atoms with E-state index in [0.29, 0.717) is 10.8 Å². The van der Waals surface area contributed by atoms with E-state index in [1.807, 2.05) is 0 Å². The lowest BCUT2D eigenvalue weighted by Crippen LogP contribution is -2.07. The maximum Gasteiger partial charge on any atom is 0.417 e. The van der Waals surface area contributed by atoms with Crippen LogP contribution in [0.5, 0.6) is 0 Å². The number of fused-ring (bicyclic) bond motifs is 2. The van der Waals surface area contributed by atoms with E-state index < -0.39 is 23.4 Å². The molecule has 32 heavy (non-hydrogen) atoms. The first kappa shape index (κ1) is 19.9. The van der Waals surface area contributed by atoms with Gasteiger partial charge in [-0.25, -0.2) is 13.8 Å². The molecule has 0 unspecified atom stereocenters. The first-order valence-corrected chi connectivity index (χ1v) is 9.48. The molecule has 0 spiro atoms. The minimum Gasteiger partial charge on any atom is -0.322 e. The van der Waals surface area contributed by atoms with Gasteiger partial charge < -0.3 is 5.32 Å². The van der Waals surface area contributed by atoms with Crippen LogP contribution in [-0.4, -0.2) is 15.2 Å². The van der Waals surface area contributed by atoms with Crippen LogP contribution in [-0.2, 0) is 6.18 Å². The summed E-state index contributed by atoms with van der Waals surface area (Å²) in [5, 5.41) is 10.8. The van der Waals surface area contributed by atoms with Crippen LogP contribution in [0.1, 0.15) is 5.56 Å². The number of benzene rings is 3. The molecule has 9 heteroatoms. The van der Waals surface area contributed by atoms with Gasteiger partial charge in [0, 0.05) is 17.0 Å². The van der Waals surface area contributed by atoms with Gasteiger partial charge in [0.25, 0.3) is 0 Å². The number of anilines is 2. The minimum absolute atomic E-state index is 0.00298. The molecule has 3 aromatic carbocycles. The second-order valence-corrected chi connectivity index (χ2v) is 7.13. The molecule has 5 aromatic rings. The van der Waals surface area contributed by atoms with Crippen LogP contribution in [0.15, 0.2) is 66.7 Å². The highest BCUT2D eigenvalue weighted by Crippen LogP contribution is 2.38. The summed E-state index contributed by atoms with van der Waals surface area (Å²) >= 11 is 0. The molecule has 0 bridgehead atoms. The molecule has 0 amide bonds. The lowest BCUT2D eigenvalue weighted by atomic mass is 10.0. The van der Waals surface area contributed by atoms with Crippen molar-refractivity contribution in [3.8, 4) is 11.3 Å². The molecule has 4 nitrogen and oxygen atoms in total. The molecule has 0 aliphatic heterocycles. The van der Waals surface area contributed by atoms with Gasteiger partial charge in [0.05, 0.1) is 16.6 Å². The summed E-state index contributed by atoms with van der Waals surface area (Å²) in [6.45, 7) is 0. The van der Waals surface area contributed by atoms with Crippen molar-refractivity contribution in [3.05, 3.63) is 83.9 Å². The standard InChI is InChI=1S/C23H13F5N4/c24-13-10-16-20(18(25)11-13)31-32-22(16)30-21-14-6-2-1-5-12(14)9-19(29-21)15-7-3-4-8-17(15)23(26,27)28/h1-11H,(H2,29,30,31,32). The van der Waals surface area contributed by atoms with Crippen molar-refractivity contribution in [2.45, 2.75) is 6.18 Å². The lowest BCUT2D eigenvalue weighted by Gasteiger charge is -2.15. The van der Waals surface area contributed by atoms with Gasteiger partial charge in [-0.15, -0.1) is 0 Å². The number of hydrogen-bond donors (Lipinski definition) is 2. The Morgan fingerprint density at radius 3 is 2.38 bits per heavy atom. The maximum atomic E-state index is 14.0. The van der Waals surface area contributed by atoms with Crippen molar-refractivity contribution in [2.75, 3.05) is 5.32 Å². The fraction of sp³-hybridized carbons (Fsp3) is 0.0435. The van der Waals surface area contributed by atoms with E-state index in [1.54, 1.807) is 30.3 Å². The lowest BCUT2D eigenvalue weighted by molar-refractivity contribution is -0.137. The zero-order chi connectivity index (χ0) is 22.5. The Kier molecular flexibility index (Phi) is 4.54. The van der Waals surface area contributed by atoms with E-state index >= 15 is 0 Å². The highest BCUT2D eigenvalue weighted by Gasteiger charge is 2.33. The average Bonchev–Trinajstić information content (AvgIpc) is 3.16. The highest BCUT2D eigenvalue weighted by molar-refractivity contribution is 5.99. The fourth-order valence-electron chi connectivity index (χ4n) is 3.64. The summed E-state index contributed by atoms with van der Waals surface area (Å²) in [5.74, 6) is -1.30. The van der Waals surface area contributed by atoms with Crippen LogP contribution < -0.4 is 5.32 Å². The molecule has 2 N–H and O–H groups in total. The monoisotopic (exact) mass is 440 g/mol. The largest absolute Gasteiger partial charge is 0.417 e. The Balaban J connectivity index is 1.70. The maximum absolute atomic E-state index is 14.0. The number of nitrogens with zero attached hydrogens (tertiary/aromatic N) is 2. The average molecular weight is 440 g/mol. The Morgan fingerprint density at radius 1 is 0.812 bits per heavy atom. The number of pyridine rings is 1. The zero-order valence-corrected chi connectivity index (χ0v) is 16.1. The molecule has 5 rings (SSSR count). The van der Waals surface area contributed by atoms with Gasteiger partial charge in [0.1, 0.15) is 17.2 Å². The van der Waals surface area contributed by atoms with Crippen molar-refractivity contribution in [1.29, 1.82) is 0 Å². The van der Waals surface area contributed by atoms with Crippen LogP contribution in [0.25, 0.3) is 32.9 Å². The zero-order valence-electron chi connectivity index (χ0n) is 16.1. The Hall–Kier alpha value is -4.01. The number of H-pyrrole nitrogens is 1. The van der Waals surface area contributed by atoms with Crippen molar-refractivity contribution in [2.24, 2.45) is 0 Å². The SMILES string of the molecule is Fc1cc(F)c2[nH]nc(Nc3nc(-c4ccccc4C(F)(F)F)cc4ccccc34)c2c1. The van der Waals surface area contributed by atoms with E-state index in [9.17, 15) is 22.0 Å². The van der Waals surface area contributed by atoms with Crippen LogP contribution in [0.4, 0.5) is 33.6 Å². The number of alkyl halides is 3. The number of aromatic amines is 1. The van der Waals surface area contributed by atoms with Crippen molar-refractivity contribution >= 4 is 33.3 Å². The third kappa shape index (κ3) is 3.41. The molecule has 2 heterocycles. The van der Waals surface area contributed by atoms with Gasteiger partial charge >= 0.3 is 6.18 Å². The summed E-state index contributed by atoms with van der Waals surface area (Å²) in [6, 6.07) is 15.5. The number of halogens is 5. The first-order valence-electron chi connectivity index (χ1n) is 9.48. The third-order valence-corrected chi connectivity index (χ3v) is 5.08. The summed E-state index contributed by atoms with van der Waals surface area (Å²) in [6.07, 6.45) is -4.56. The molecule has 2 aromatic heterocycles. The molecule has 0 aliphatic rings. The molecule has 0 atom stereocenters. The number of rotatable bonds is 3. The number of hydrogen-bond acceptors (Lipinski definition) is 3. The normalized spacial score (nSPS) is 11.9. The fourth-order valence-corrected chi connectivity index (χ4v) is 3.64. The highest BCUT2D eigenvalue weighted by atomic mass is 19.4. The van der Waals surface area contributed by atoms with Gasteiger partial charge in [0.15, 0.2) is 11.6 Å². The number of nitrogens with one attached hydrogen (secondary N) is 2. The molecular formula is C23H13F5N4. The van der Waals surface area contributed by atoms with E-state index in [2.05, 4.69) is 20.5 Å². The van der Waals surface area contributed by atoms with E-state index in [0.717, 1.165) is 18.2 Å². The van der Waals surface area contributed by atoms with Crippen LogP contribution >= 0.6 is 0 Å². The van der Waals surface area contributed by atoms with E-state index in [4.69, 9.17) is 0 Å². The predicted molar refractivity (Wildman–Crippen MR) is 111 cm³/mol. The van der Waals surface area contributed by atoms with Gasteiger partial charge in [0.2, 0.25) is 0 Å². The molecule has 0 saturated carbocycles. The molecule has 0 fully saturated rings. The quantitative estimate of drug-likeness (QED) is 0.303. The Morgan fingerprint density at radius 2 is 1.56 bits per heavy atom. The molecule has 0 saturated heterocycles. The van der Waals surface area contributed by atoms with Crippen molar-refractivity contribution < 1.29 is 22.0 Å². The van der Waals surface area contributed by atoms with E-state index in [-0.39, 0.29) is 33.8 Å². The van der Waals surface area contributed by atoms with Crippen molar-refractivity contribution in [3.63, 3.8) is 0 Å². The minimum atomic E-state index is -4.56. The summed E-state index contributed by atoms with van der Waals surface area (Å²) < 4.78 is 68.5. The van der Waals surface area contributed by atoms with Crippen LogP contribution in [0.3, 0.4) is 0 Å². The van der Waals surface area contributed by atoms with Crippen molar-refractivity contribution in [1.82, 2.24) is 15.2 Å². The number of aromatic nitrogens is 3. The summed E-state index contributed by atoms with van der Waals surface area (Å²) in [7, 11) is 0. The Labute approximate surface area is 177 Å². The van der Waals surface area contributed by atoms with Gasteiger partial charge in [-0.05, 0) is 23.6 Å². The smallest absolute Gasteiger partial charge is 0.322 e. The summed E-state index contributed by atoms with van der Waals surface area (Å²) in [4.78, 5) is 4.42. The van der Waals surface area contributed by atoms with Gasteiger partial charge in [-0.2, -0.15) is 18.3 Å². The second-order valence-electron chi connectivity index (χ2n) is 7.13. The Bertz CT molecular complexity index is 1470. The van der Waals surface area contributed by atoms with Crippen LogP contribution in [0.2, 0.25) is 0 Å². The van der Waals surface area contributed by atoms with Crippen LogP contribution in [0, 0.1) is 11.6 Å². The third-order valence-electron chi connectivity index (χ3n) is 5.08. The molecule has 0 radical (unpaired) electrons. The predicted octanol–water partition coefficient (Wildman–Crippen LogP) is 6.82. The first-order chi connectivity index (χ1) is 15.3.